The molecule has 1 atom stereocenters. The van der Waals surface area contributed by atoms with Crippen molar-refractivity contribution in [2.45, 2.75) is 12.0 Å². The number of hydrogen-bond donors (Lipinski definition) is 1. The van der Waals surface area contributed by atoms with E-state index in [0.717, 1.165) is 11.3 Å². The van der Waals surface area contributed by atoms with Gasteiger partial charge >= 0.3 is 0 Å². The van der Waals surface area contributed by atoms with Gasteiger partial charge in [-0.2, -0.15) is 0 Å². The van der Waals surface area contributed by atoms with E-state index in [0.29, 0.717) is 19.7 Å². The third kappa shape index (κ3) is 1.38. The molecule has 1 aromatic carbocycles. The molecule has 4 nitrogen and oxygen atoms in total. The van der Waals surface area contributed by atoms with Crippen molar-refractivity contribution in [1.29, 1.82) is 0 Å². The number of likely N-dealkylation sites (tertiary alicyclic amines) is 1. The summed E-state index contributed by atoms with van der Waals surface area (Å²) >= 11 is 0. The number of rotatable bonds is 1. The first-order valence-corrected chi connectivity index (χ1v) is 5.44. The highest BCUT2D eigenvalue weighted by Gasteiger charge is 2.37. The van der Waals surface area contributed by atoms with Gasteiger partial charge in [-0.25, -0.2) is 0 Å². The maximum absolute atomic E-state index is 12.1. The van der Waals surface area contributed by atoms with E-state index in [1.54, 1.807) is 4.90 Å². The summed E-state index contributed by atoms with van der Waals surface area (Å²) < 4.78 is 5.47. The number of benzene rings is 1. The highest BCUT2D eigenvalue weighted by atomic mass is 16.5. The van der Waals surface area contributed by atoms with E-state index in [1.165, 1.54) is 0 Å². The summed E-state index contributed by atoms with van der Waals surface area (Å²) in [6.07, 6.45) is -0.346. The van der Waals surface area contributed by atoms with Gasteiger partial charge in [-0.1, -0.05) is 18.2 Å². The molecule has 2 aliphatic heterocycles. The summed E-state index contributed by atoms with van der Waals surface area (Å²) in [6, 6.07) is 7.63. The van der Waals surface area contributed by atoms with Crippen molar-refractivity contribution in [3.63, 3.8) is 0 Å². The van der Waals surface area contributed by atoms with Crippen LogP contribution in [0.15, 0.2) is 24.3 Å². The molecular weight excluding hydrogens is 206 g/mol. The summed E-state index contributed by atoms with van der Waals surface area (Å²) in [5.74, 6) is 0.681. The fourth-order valence-electron chi connectivity index (χ4n) is 2.22. The summed E-state index contributed by atoms with van der Waals surface area (Å²) in [4.78, 5) is 13.8. The number of carbonyl (C=O) groups excluding carboxylic acids is 1. The molecule has 0 bridgehead atoms. The number of aliphatic hydroxyl groups is 1. The zero-order valence-corrected chi connectivity index (χ0v) is 8.80. The lowest BCUT2D eigenvalue weighted by Crippen LogP contribution is -2.55. The molecule has 1 N–H and O–H groups in total. The Hall–Kier alpha value is -1.55. The topological polar surface area (TPSA) is 49.8 Å². The quantitative estimate of drug-likeness (QED) is 0.742. The highest BCUT2D eigenvalue weighted by Crippen LogP contribution is 2.35. The van der Waals surface area contributed by atoms with Crippen LogP contribution in [-0.2, 0) is 4.79 Å². The van der Waals surface area contributed by atoms with Crippen LogP contribution in [0.4, 0.5) is 0 Å². The number of nitrogens with zero attached hydrogens (tertiary/aromatic N) is 1. The number of para-hydroxylation sites is 1. The van der Waals surface area contributed by atoms with Crippen molar-refractivity contribution in [2.75, 3.05) is 19.7 Å². The van der Waals surface area contributed by atoms with Crippen molar-refractivity contribution < 1.29 is 14.6 Å². The second-order valence-corrected chi connectivity index (χ2v) is 4.30. The molecule has 1 amide bonds. The van der Waals surface area contributed by atoms with Crippen LogP contribution >= 0.6 is 0 Å². The minimum Gasteiger partial charge on any atom is -0.492 e. The Bertz CT molecular complexity index is 426. The summed E-state index contributed by atoms with van der Waals surface area (Å²) in [6.45, 7) is 1.33. The van der Waals surface area contributed by atoms with Crippen LogP contribution in [0.2, 0.25) is 0 Å². The standard InChI is InChI=1S/C12H13NO3/c14-8-5-13(6-8)12(15)10-7-16-11-4-2-1-3-9(10)11/h1-4,8,10,14H,5-7H2. The highest BCUT2D eigenvalue weighted by molar-refractivity contribution is 5.86. The van der Waals surface area contributed by atoms with E-state index in [4.69, 9.17) is 4.74 Å². The molecule has 84 valence electrons. The lowest BCUT2D eigenvalue weighted by Gasteiger charge is -2.37. The lowest BCUT2D eigenvalue weighted by atomic mass is 9.98. The van der Waals surface area contributed by atoms with Crippen molar-refractivity contribution >= 4 is 5.91 Å². The van der Waals surface area contributed by atoms with Gasteiger partial charge in [0, 0.05) is 18.7 Å². The lowest BCUT2D eigenvalue weighted by molar-refractivity contribution is -0.143. The molecular formula is C12H13NO3. The van der Waals surface area contributed by atoms with E-state index >= 15 is 0 Å². The van der Waals surface area contributed by atoms with Gasteiger partial charge in [0.15, 0.2) is 0 Å². The second kappa shape index (κ2) is 3.49. The number of aliphatic hydroxyl groups excluding tert-OH is 1. The van der Waals surface area contributed by atoms with Crippen molar-refractivity contribution in [3.8, 4) is 5.75 Å². The van der Waals surface area contributed by atoms with Crippen LogP contribution in [0, 0.1) is 0 Å². The van der Waals surface area contributed by atoms with Gasteiger partial charge in [0.1, 0.15) is 18.3 Å². The molecule has 16 heavy (non-hydrogen) atoms. The third-order valence-corrected chi connectivity index (χ3v) is 3.17. The third-order valence-electron chi connectivity index (χ3n) is 3.17. The van der Waals surface area contributed by atoms with E-state index in [2.05, 4.69) is 0 Å². The monoisotopic (exact) mass is 219 g/mol. The average molecular weight is 219 g/mol. The van der Waals surface area contributed by atoms with Gasteiger partial charge in [-0.3, -0.25) is 4.79 Å². The van der Waals surface area contributed by atoms with Crippen molar-refractivity contribution in [3.05, 3.63) is 29.8 Å². The molecule has 1 saturated heterocycles. The number of amides is 1. The van der Waals surface area contributed by atoms with Crippen LogP contribution in [0.5, 0.6) is 5.75 Å². The van der Waals surface area contributed by atoms with Gasteiger partial charge in [0.25, 0.3) is 0 Å². The normalized spacial score (nSPS) is 23.6. The minimum absolute atomic E-state index is 0.0650. The molecule has 0 aliphatic carbocycles. The van der Waals surface area contributed by atoms with E-state index < -0.39 is 0 Å². The Balaban J connectivity index is 1.80. The van der Waals surface area contributed by atoms with Gasteiger partial charge in [-0.05, 0) is 6.07 Å². The molecule has 0 spiro atoms. The predicted molar refractivity (Wildman–Crippen MR) is 57.3 cm³/mol. The molecule has 3 rings (SSSR count). The Morgan fingerprint density at radius 1 is 1.38 bits per heavy atom. The van der Waals surface area contributed by atoms with Crippen LogP contribution in [0.1, 0.15) is 11.5 Å². The number of fused-ring (bicyclic) bond motifs is 1. The Morgan fingerprint density at radius 3 is 2.88 bits per heavy atom. The Labute approximate surface area is 93.4 Å². The van der Waals surface area contributed by atoms with Gasteiger partial charge in [0.2, 0.25) is 5.91 Å². The summed E-state index contributed by atoms with van der Waals surface area (Å²) in [7, 11) is 0. The van der Waals surface area contributed by atoms with Gasteiger partial charge in [0.05, 0.1) is 6.10 Å². The number of hydrogen-bond acceptors (Lipinski definition) is 3. The molecule has 0 aromatic heterocycles. The average Bonchev–Trinajstić information content (AvgIpc) is 2.67. The van der Waals surface area contributed by atoms with Crippen molar-refractivity contribution in [1.82, 2.24) is 4.90 Å². The SMILES string of the molecule is O=C(C1COc2ccccc21)N1CC(O)C1. The molecule has 4 heteroatoms. The van der Waals surface area contributed by atoms with Crippen molar-refractivity contribution in [2.24, 2.45) is 0 Å². The first kappa shape index (κ1) is 9.66. The Kier molecular flexibility index (Phi) is 2.11. The summed E-state index contributed by atoms with van der Waals surface area (Å²) in [5, 5.41) is 9.18. The zero-order chi connectivity index (χ0) is 11.1. The summed E-state index contributed by atoms with van der Waals surface area (Å²) in [5.41, 5.74) is 0.967. The fraction of sp³-hybridized carbons (Fsp3) is 0.417. The first-order valence-electron chi connectivity index (χ1n) is 5.44. The van der Waals surface area contributed by atoms with E-state index in [-0.39, 0.29) is 17.9 Å². The van der Waals surface area contributed by atoms with Crippen LogP contribution in [0.25, 0.3) is 0 Å². The predicted octanol–water partition coefficient (Wildman–Crippen LogP) is 0.366. The van der Waals surface area contributed by atoms with Crippen LogP contribution in [-0.4, -0.2) is 41.7 Å². The van der Waals surface area contributed by atoms with Crippen LogP contribution < -0.4 is 4.74 Å². The molecule has 0 saturated carbocycles. The Morgan fingerprint density at radius 2 is 2.12 bits per heavy atom. The zero-order valence-electron chi connectivity index (χ0n) is 8.80. The minimum atomic E-state index is -0.346. The van der Waals surface area contributed by atoms with Gasteiger partial charge < -0.3 is 14.7 Å². The molecule has 1 unspecified atom stereocenters. The first-order chi connectivity index (χ1) is 7.75. The maximum Gasteiger partial charge on any atom is 0.233 e. The number of ether oxygens (including phenoxy) is 1. The second-order valence-electron chi connectivity index (χ2n) is 4.30. The molecule has 0 radical (unpaired) electrons. The molecule has 2 heterocycles. The van der Waals surface area contributed by atoms with Gasteiger partial charge in [-0.15, -0.1) is 0 Å². The fourth-order valence-corrected chi connectivity index (χ4v) is 2.22. The largest absolute Gasteiger partial charge is 0.492 e. The molecule has 1 aromatic rings. The van der Waals surface area contributed by atoms with E-state index in [9.17, 15) is 9.90 Å². The van der Waals surface area contributed by atoms with E-state index in [1.807, 2.05) is 24.3 Å². The molecule has 1 fully saturated rings. The smallest absolute Gasteiger partial charge is 0.233 e. The number of carbonyl (C=O) groups is 1. The molecule has 2 aliphatic rings. The number of β-amino-alcohol motifs (C(OH)–C–C–N with tert-alkyl or cyclic N) is 1. The van der Waals surface area contributed by atoms with Crippen LogP contribution in [0.3, 0.4) is 0 Å². The maximum atomic E-state index is 12.1.